The van der Waals surface area contributed by atoms with Crippen LogP contribution in [0.3, 0.4) is 0 Å². The Morgan fingerprint density at radius 2 is 1.54 bits per heavy atom. The number of pyridine rings is 1. The van der Waals surface area contributed by atoms with Crippen molar-refractivity contribution in [3.63, 3.8) is 0 Å². The molecule has 1 fully saturated rings. The second-order valence-corrected chi connectivity index (χ2v) is 13.6. The highest BCUT2D eigenvalue weighted by molar-refractivity contribution is 6.17. The lowest BCUT2D eigenvalue weighted by molar-refractivity contribution is -0.192. The van der Waals surface area contributed by atoms with Gasteiger partial charge in [-0.25, -0.2) is 19.5 Å². The summed E-state index contributed by atoms with van der Waals surface area (Å²) in [5, 5.41) is 33.4. The highest BCUT2D eigenvalue weighted by Crippen LogP contribution is 2.32. The van der Waals surface area contributed by atoms with E-state index in [1.807, 2.05) is 45.0 Å². The Morgan fingerprint density at radius 3 is 2.06 bits per heavy atom. The van der Waals surface area contributed by atoms with E-state index in [-0.39, 0.29) is 30.0 Å². The number of benzene rings is 2. The number of carbonyl (C=O) groups is 4. The van der Waals surface area contributed by atoms with Gasteiger partial charge in [0.05, 0.1) is 11.7 Å². The normalized spacial score (nSPS) is 16.3. The Labute approximate surface area is 308 Å². The van der Waals surface area contributed by atoms with Crippen molar-refractivity contribution in [3.8, 4) is 28.4 Å². The van der Waals surface area contributed by atoms with Crippen molar-refractivity contribution < 1.29 is 47.3 Å². The number of carboxylic acids is 1. The first-order chi connectivity index (χ1) is 25.4. The van der Waals surface area contributed by atoms with Crippen molar-refractivity contribution in [2.75, 3.05) is 11.4 Å². The van der Waals surface area contributed by atoms with Gasteiger partial charge in [0, 0.05) is 35.9 Å². The fourth-order valence-corrected chi connectivity index (χ4v) is 5.64. The number of aromatic hydroxyl groups is 1. The van der Waals surface area contributed by atoms with Crippen molar-refractivity contribution in [2.24, 2.45) is 17.6 Å². The quantitative estimate of drug-likeness (QED) is 0.152. The number of carboxylic acid groups (broad SMARTS) is 1. The van der Waals surface area contributed by atoms with E-state index in [2.05, 4.69) is 30.9 Å². The van der Waals surface area contributed by atoms with Crippen LogP contribution in [-0.4, -0.2) is 84.1 Å². The number of H-pyrrole nitrogens is 1. The lowest BCUT2D eigenvalue weighted by Crippen LogP contribution is -2.50. The maximum Gasteiger partial charge on any atom is 0.490 e. The number of aliphatic carboxylic acids is 1. The summed E-state index contributed by atoms with van der Waals surface area (Å²) in [6, 6.07) is 16.7. The van der Waals surface area contributed by atoms with E-state index < -0.39 is 35.8 Å². The van der Waals surface area contributed by atoms with Gasteiger partial charge in [0.25, 0.3) is 5.91 Å². The van der Waals surface area contributed by atoms with Crippen LogP contribution < -0.4 is 16.0 Å². The van der Waals surface area contributed by atoms with Crippen molar-refractivity contribution >= 4 is 29.6 Å². The molecule has 2 aromatic carbocycles. The number of alkyl carbamates (subject to hydrolysis) is 1. The number of alkyl halides is 3. The average molecular weight is 755 g/mol. The van der Waals surface area contributed by atoms with E-state index in [0.29, 0.717) is 36.5 Å². The molecular formula is C36H41F3N8O7. The minimum atomic E-state index is -5.08. The smallest absolute Gasteiger partial charge is 0.490 e. The predicted molar refractivity (Wildman–Crippen MR) is 188 cm³/mol. The van der Waals surface area contributed by atoms with E-state index in [9.17, 15) is 32.7 Å². The number of amides is 3. The highest BCUT2D eigenvalue weighted by Gasteiger charge is 2.38. The second kappa shape index (κ2) is 17.7. The van der Waals surface area contributed by atoms with Crippen LogP contribution in [0.25, 0.3) is 22.5 Å². The Bertz CT molecular complexity index is 1860. The largest absolute Gasteiger partial charge is 0.493 e. The van der Waals surface area contributed by atoms with Crippen LogP contribution in [0, 0.1) is 11.8 Å². The second-order valence-electron chi connectivity index (χ2n) is 13.6. The van der Waals surface area contributed by atoms with Crippen LogP contribution in [0.2, 0.25) is 0 Å². The summed E-state index contributed by atoms with van der Waals surface area (Å²) in [6.07, 6.45) is -1.14. The maximum atomic E-state index is 14.1. The summed E-state index contributed by atoms with van der Waals surface area (Å²) in [5.74, 6) is -3.39. The number of hydrogen-bond donors (Lipinski definition) is 5. The molecule has 3 amide bonds. The highest BCUT2D eigenvalue weighted by atomic mass is 19.4. The molecule has 0 bridgehead atoms. The first-order valence-electron chi connectivity index (χ1n) is 16.9. The predicted octanol–water partition coefficient (Wildman–Crippen LogP) is 5.03. The number of nitrogens with zero attached hydrogens (tertiary/aromatic N) is 5. The molecule has 2 aromatic heterocycles. The van der Waals surface area contributed by atoms with Gasteiger partial charge in [0.2, 0.25) is 17.6 Å². The Balaban J connectivity index is 0.000000845. The third kappa shape index (κ3) is 11.8. The molecule has 2 heterocycles. The summed E-state index contributed by atoms with van der Waals surface area (Å²) in [4.78, 5) is 54.2. The van der Waals surface area contributed by atoms with Gasteiger partial charge in [-0.3, -0.25) is 9.59 Å². The number of nitrogens with one attached hydrogen (secondary N) is 2. The molecule has 0 spiro atoms. The number of rotatable bonds is 9. The van der Waals surface area contributed by atoms with Crippen LogP contribution in [0.15, 0.2) is 66.9 Å². The molecule has 1 atom stereocenters. The molecule has 0 radical (unpaired) electrons. The summed E-state index contributed by atoms with van der Waals surface area (Å²) in [5.41, 5.74) is 9.57. The molecule has 6 N–H and O–H groups in total. The van der Waals surface area contributed by atoms with Crippen LogP contribution >= 0.6 is 0 Å². The Kier molecular flexibility index (Phi) is 13.4. The molecule has 288 valence electrons. The van der Waals surface area contributed by atoms with Crippen LogP contribution in [-0.2, 0) is 25.5 Å². The number of ether oxygens (including phenoxy) is 1. The third-order valence-corrected chi connectivity index (χ3v) is 8.35. The topological polar surface area (TPSA) is 227 Å². The molecule has 15 nitrogen and oxygen atoms in total. The van der Waals surface area contributed by atoms with Crippen LogP contribution in [0.1, 0.15) is 52.0 Å². The van der Waals surface area contributed by atoms with Gasteiger partial charge in [-0.2, -0.15) is 18.4 Å². The molecular weight excluding hydrogens is 713 g/mol. The molecule has 0 aliphatic heterocycles. The van der Waals surface area contributed by atoms with E-state index >= 15 is 0 Å². The molecule has 18 heteroatoms. The third-order valence-electron chi connectivity index (χ3n) is 8.35. The molecule has 1 aliphatic carbocycles. The number of nitrogens with two attached hydrogens (primary N) is 1. The molecule has 5 rings (SSSR count). The minimum absolute atomic E-state index is 0.0540. The summed E-state index contributed by atoms with van der Waals surface area (Å²) in [7, 11) is 0. The monoisotopic (exact) mass is 754 g/mol. The Hall–Kier alpha value is -5.91. The number of carbonyl (C=O) groups excluding carboxylic acids is 3. The lowest BCUT2D eigenvalue weighted by atomic mass is 9.81. The number of anilines is 1. The summed E-state index contributed by atoms with van der Waals surface area (Å²) >= 11 is 0. The van der Waals surface area contributed by atoms with Gasteiger partial charge in [0.1, 0.15) is 5.60 Å². The fraction of sp³-hybridized carbons (Fsp3) is 0.389. The van der Waals surface area contributed by atoms with Crippen LogP contribution in [0.4, 0.5) is 23.7 Å². The maximum absolute atomic E-state index is 14.1. The molecule has 54 heavy (non-hydrogen) atoms. The molecule has 4 aromatic rings. The van der Waals surface area contributed by atoms with E-state index in [0.717, 1.165) is 29.5 Å². The molecule has 0 saturated heterocycles. The molecule has 1 saturated carbocycles. The number of hydrogen-bond acceptors (Lipinski definition) is 11. The number of aromatic amines is 1. The van der Waals surface area contributed by atoms with Gasteiger partial charge in [0.15, 0.2) is 0 Å². The zero-order valence-electron chi connectivity index (χ0n) is 29.7. The van der Waals surface area contributed by atoms with Crippen molar-refractivity contribution in [3.05, 3.63) is 72.4 Å². The standard InChI is InChI=1S/C34H40N8O5.C2HF3O2/c1-34(2,3)47-33(46)37-19-22-6-10-25(11-7-22)31(44)42(27-15-12-24(13-16-27)30-38-40-41-39-30)32(45)28(35)18-21-4-8-23(9-5-21)26-14-17-29(43)36-20-26;3-2(4,5)1(6)7/h4-5,8-9,12-17,20,22,25,28H,6-7,10-11,18-19,35H2,1-3H3,(H,36,43)(H,37,46)(H,38,39,40,41);(H,6,7)/t22-,25-,28-;/m0./s1. The minimum Gasteiger partial charge on any atom is -0.493 e. The summed E-state index contributed by atoms with van der Waals surface area (Å²) < 4.78 is 37.1. The number of tetrazole rings is 1. The van der Waals surface area contributed by atoms with Gasteiger partial charge in [-0.15, -0.1) is 10.2 Å². The van der Waals surface area contributed by atoms with Crippen LogP contribution in [0.5, 0.6) is 5.88 Å². The fourth-order valence-electron chi connectivity index (χ4n) is 5.64. The van der Waals surface area contributed by atoms with Crippen molar-refractivity contribution in [1.82, 2.24) is 30.9 Å². The zero-order valence-corrected chi connectivity index (χ0v) is 29.7. The number of imide groups is 1. The SMILES string of the molecule is CC(C)(C)OC(=O)NC[C@H]1CC[C@H](C(=O)N(C(=O)[C@@H](N)Cc2ccc(-c3ccc(O)nc3)cc2)c2ccc(-c3nn[nH]n3)cc2)CC1.O=C(O)C(F)(F)F. The number of halogens is 3. The van der Waals surface area contributed by atoms with Crippen molar-refractivity contribution in [2.45, 2.75) is 70.7 Å². The van der Waals surface area contributed by atoms with Gasteiger partial charge >= 0.3 is 18.2 Å². The van der Waals surface area contributed by atoms with Crippen molar-refractivity contribution in [1.29, 1.82) is 0 Å². The lowest BCUT2D eigenvalue weighted by Gasteiger charge is -2.32. The van der Waals surface area contributed by atoms with E-state index in [4.69, 9.17) is 20.4 Å². The number of aromatic nitrogens is 5. The first-order valence-corrected chi connectivity index (χ1v) is 16.9. The van der Waals surface area contributed by atoms with Gasteiger partial charge in [-0.05, 0) is 105 Å². The van der Waals surface area contributed by atoms with E-state index in [1.165, 1.54) is 11.0 Å². The van der Waals surface area contributed by atoms with Gasteiger partial charge in [-0.1, -0.05) is 24.3 Å². The summed E-state index contributed by atoms with van der Waals surface area (Å²) in [6.45, 7) is 5.90. The average Bonchev–Trinajstić information content (AvgIpc) is 3.67. The molecule has 1 aliphatic rings. The van der Waals surface area contributed by atoms with Gasteiger partial charge < -0.3 is 26.0 Å². The zero-order chi connectivity index (χ0) is 39.6. The molecule has 0 unspecified atom stereocenters. The Morgan fingerprint density at radius 1 is 0.944 bits per heavy atom. The first kappa shape index (κ1) is 40.9. The van der Waals surface area contributed by atoms with E-state index in [1.54, 1.807) is 36.5 Å².